The monoisotopic (exact) mass is 492 g/mol. The molecule has 3 aliphatic carbocycles. The molecule has 0 amide bonds. The summed E-state index contributed by atoms with van der Waals surface area (Å²) in [6.45, 7) is 2.29. The van der Waals surface area contributed by atoms with Crippen molar-refractivity contribution in [1.82, 2.24) is 5.32 Å². The minimum atomic E-state index is -0.0554. The number of nitrogens with zero attached hydrogens (tertiary/aromatic N) is 1. The molecule has 3 nitrogen and oxygen atoms in total. The molecule has 184 valence electrons. The van der Waals surface area contributed by atoms with E-state index in [1.54, 1.807) is 0 Å². The zero-order chi connectivity index (χ0) is 25.3. The molecule has 1 N–H and O–H groups in total. The van der Waals surface area contributed by atoms with Crippen LogP contribution in [-0.2, 0) is 0 Å². The van der Waals surface area contributed by atoms with E-state index in [0.29, 0.717) is 0 Å². The first-order valence-electron chi connectivity index (χ1n) is 13.5. The van der Waals surface area contributed by atoms with Crippen molar-refractivity contribution in [2.45, 2.75) is 25.0 Å². The van der Waals surface area contributed by atoms with Crippen LogP contribution in [-0.4, -0.2) is 11.8 Å². The minimum absolute atomic E-state index is 0.0446. The number of para-hydroxylation sites is 1. The Hall–Kier alpha value is -4.37. The van der Waals surface area contributed by atoms with Crippen LogP contribution in [0.1, 0.15) is 46.7 Å². The van der Waals surface area contributed by atoms with Gasteiger partial charge in [-0.3, -0.25) is 4.99 Å². The van der Waals surface area contributed by atoms with Gasteiger partial charge >= 0.3 is 0 Å². The van der Waals surface area contributed by atoms with Gasteiger partial charge < -0.3 is 10.1 Å². The second-order valence-electron chi connectivity index (χ2n) is 11.0. The number of benzene rings is 3. The topological polar surface area (TPSA) is 33.6 Å². The van der Waals surface area contributed by atoms with Crippen molar-refractivity contribution in [3.05, 3.63) is 155 Å². The van der Waals surface area contributed by atoms with Crippen LogP contribution in [0.2, 0.25) is 0 Å². The van der Waals surface area contributed by atoms with Crippen molar-refractivity contribution >= 4 is 11.8 Å². The van der Waals surface area contributed by atoms with Gasteiger partial charge in [-0.15, -0.1) is 0 Å². The number of fused-ring (bicyclic) bond motifs is 7. The van der Waals surface area contributed by atoms with E-state index in [4.69, 9.17) is 9.73 Å². The molecule has 0 radical (unpaired) electrons. The van der Waals surface area contributed by atoms with Gasteiger partial charge in [0.05, 0.1) is 29.1 Å². The number of ether oxygens (including phenoxy) is 1. The van der Waals surface area contributed by atoms with Crippen LogP contribution in [0.15, 0.2) is 132 Å². The Bertz CT molecular complexity index is 1650. The maximum atomic E-state index is 6.26. The van der Waals surface area contributed by atoms with Crippen molar-refractivity contribution in [3.63, 3.8) is 0 Å². The number of hydrogen-bond donors (Lipinski definition) is 1. The zero-order valence-corrected chi connectivity index (χ0v) is 21.2. The molecule has 5 unspecified atom stereocenters. The van der Waals surface area contributed by atoms with Gasteiger partial charge in [0.15, 0.2) is 0 Å². The van der Waals surface area contributed by atoms with Gasteiger partial charge in [0.2, 0.25) is 0 Å². The highest BCUT2D eigenvalue weighted by atomic mass is 16.5. The number of aliphatic imine (C=N–C) groups is 1. The van der Waals surface area contributed by atoms with Crippen LogP contribution in [0.25, 0.3) is 6.08 Å². The highest BCUT2D eigenvalue weighted by molar-refractivity contribution is 6.06. The van der Waals surface area contributed by atoms with Crippen molar-refractivity contribution < 1.29 is 4.74 Å². The van der Waals surface area contributed by atoms with E-state index in [1.165, 1.54) is 22.3 Å². The van der Waals surface area contributed by atoms with Crippen LogP contribution in [0.5, 0.6) is 5.75 Å². The fourth-order valence-electron chi connectivity index (χ4n) is 6.69. The average Bonchev–Trinajstić information content (AvgIpc) is 3.35. The van der Waals surface area contributed by atoms with Gasteiger partial charge in [-0.1, -0.05) is 104 Å². The number of allylic oxidation sites excluding steroid dienone is 6. The van der Waals surface area contributed by atoms with E-state index in [1.807, 2.05) is 6.07 Å². The zero-order valence-electron chi connectivity index (χ0n) is 21.2. The van der Waals surface area contributed by atoms with Crippen molar-refractivity contribution in [2.75, 3.05) is 0 Å². The van der Waals surface area contributed by atoms with E-state index in [0.717, 1.165) is 28.4 Å². The molecule has 3 aromatic carbocycles. The summed E-state index contributed by atoms with van der Waals surface area (Å²) < 4.78 is 6.26. The first-order valence-corrected chi connectivity index (χ1v) is 13.5. The Morgan fingerprint density at radius 1 is 0.842 bits per heavy atom. The van der Waals surface area contributed by atoms with Gasteiger partial charge in [-0.25, -0.2) is 0 Å². The lowest BCUT2D eigenvalue weighted by atomic mass is 9.69. The van der Waals surface area contributed by atoms with Gasteiger partial charge in [0.1, 0.15) is 11.9 Å². The molecule has 2 aliphatic heterocycles. The summed E-state index contributed by atoms with van der Waals surface area (Å²) in [6, 6.07) is 25.9. The Balaban J connectivity index is 1.22. The molecule has 38 heavy (non-hydrogen) atoms. The first-order chi connectivity index (χ1) is 18.7. The van der Waals surface area contributed by atoms with Crippen LogP contribution in [0.3, 0.4) is 0 Å². The molecule has 3 aromatic rings. The number of rotatable bonds is 2. The largest absolute Gasteiger partial charge is 0.485 e. The molecule has 0 aromatic heterocycles. The van der Waals surface area contributed by atoms with E-state index in [2.05, 4.69) is 128 Å². The summed E-state index contributed by atoms with van der Waals surface area (Å²) >= 11 is 0. The third-order valence-corrected chi connectivity index (χ3v) is 8.69. The molecule has 0 bridgehead atoms. The van der Waals surface area contributed by atoms with Gasteiger partial charge in [0, 0.05) is 16.9 Å². The highest BCUT2D eigenvalue weighted by Gasteiger charge is 2.40. The van der Waals surface area contributed by atoms with Crippen LogP contribution < -0.4 is 10.1 Å². The first kappa shape index (κ1) is 21.7. The number of hydrogen-bond acceptors (Lipinski definition) is 3. The second-order valence-corrected chi connectivity index (χ2v) is 11.0. The minimum Gasteiger partial charge on any atom is -0.485 e. The Morgan fingerprint density at radius 2 is 1.71 bits per heavy atom. The Labute approximate surface area is 223 Å². The lowest BCUT2D eigenvalue weighted by Gasteiger charge is -2.40. The summed E-state index contributed by atoms with van der Waals surface area (Å²) in [5.41, 5.74) is 9.46. The molecular formula is C35H28N2O. The quantitative estimate of drug-likeness (QED) is 0.408. The smallest absolute Gasteiger partial charge is 0.128 e. The molecule has 2 heterocycles. The Kier molecular flexibility index (Phi) is 4.60. The predicted molar refractivity (Wildman–Crippen MR) is 153 cm³/mol. The van der Waals surface area contributed by atoms with E-state index in [-0.39, 0.29) is 29.4 Å². The molecule has 3 heteroatoms. The molecule has 5 aliphatic rings. The van der Waals surface area contributed by atoms with Crippen molar-refractivity contribution in [1.29, 1.82) is 0 Å². The summed E-state index contributed by atoms with van der Waals surface area (Å²) in [5, 5.41) is 3.89. The number of nitrogens with one attached hydrogen (secondary N) is 1. The summed E-state index contributed by atoms with van der Waals surface area (Å²) in [7, 11) is 0. The normalized spacial score (nSPS) is 29.3. The summed E-state index contributed by atoms with van der Waals surface area (Å²) in [4.78, 5) is 5.42. The average molecular weight is 493 g/mol. The summed E-state index contributed by atoms with van der Waals surface area (Å²) in [6.07, 6.45) is 17.9. The van der Waals surface area contributed by atoms with Gasteiger partial charge in [0.25, 0.3) is 0 Å². The molecule has 0 saturated heterocycles. The molecule has 0 fully saturated rings. The fourth-order valence-corrected chi connectivity index (χ4v) is 6.69. The fraction of sp³-hybridized carbons (Fsp3) is 0.171. The van der Waals surface area contributed by atoms with Gasteiger partial charge in [-0.2, -0.15) is 0 Å². The summed E-state index contributed by atoms with van der Waals surface area (Å²) in [5.74, 6) is 1.45. The van der Waals surface area contributed by atoms with Crippen LogP contribution in [0.4, 0.5) is 0 Å². The lowest BCUT2D eigenvalue weighted by molar-refractivity contribution is 0.267. The van der Waals surface area contributed by atoms with Crippen molar-refractivity contribution in [2.24, 2.45) is 16.3 Å². The van der Waals surface area contributed by atoms with E-state index >= 15 is 0 Å². The molecule has 8 rings (SSSR count). The van der Waals surface area contributed by atoms with Crippen LogP contribution in [0, 0.1) is 11.3 Å². The maximum absolute atomic E-state index is 6.26. The van der Waals surface area contributed by atoms with Crippen LogP contribution >= 0.6 is 0 Å². The third-order valence-electron chi connectivity index (χ3n) is 8.69. The van der Waals surface area contributed by atoms with E-state index < -0.39 is 0 Å². The Morgan fingerprint density at radius 3 is 2.63 bits per heavy atom. The predicted octanol–water partition coefficient (Wildman–Crippen LogP) is 7.27. The van der Waals surface area contributed by atoms with Crippen molar-refractivity contribution in [3.8, 4) is 5.75 Å². The van der Waals surface area contributed by atoms with Gasteiger partial charge in [-0.05, 0) is 46.5 Å². The van der Waals surface area contributed by atoms with E-state index in [9.17, 15) is 0 Å². The standard InChI is InChI=1S/C35H28N2O/c1-35-19-8-7-12-27(35)34-28(18-20-35)36-33(32(37-34)22-9-3-2-4-10-22)24-14-16-25-23(21-24)15-17-30-31(25)26-11-5-6-13-29(26)38-30/h2-21,27,30-31,33,36H,1H3. The highest BCUT2D eigenvalue weighted by Crippen LogP contribution is 2.48. The maximum Gasteiger partial charge on any atom is 0.128 e. The molecular weight excluding hydrogens is 464 g/mol. The lowest BCUT2D eigenvalue weighted by Crippen LogP contribution is -2.38. The SMILES string of the molecule is CC12C=CC=CC1C1=C(C=C2)NC(c2ccc3c(c2)C=CC2Oc4ccccc4C32)C(c2ccccc2)=N1. The second kappa shape index (κ2) is 8.06. The molecule has 0 spiro atoms. The molecule has 5 atom stereocenters. The molecule has 0 saturated carbocycles. The third kappa shape index (κ3) is 3.18.